The Balaban J connectivity index is 0.000000213. The zero-order valence-corrected chi connectivity index (χ0v) is 30.1. The van der Waals surface area contributed by atoms with Crippen molar-refractivity contribution in [1.82, 2.24) is 18.7 Å². The van der Waals surface area contributed by atoms with Gasteiger partial charge in [-0.3, -0.25) is 23.4 Å². The molecule has 15 nitrogen and oxygen atoms in total. The zero-order valence-electron chi connectivity index (χ0n) is 26.9. The molecule has 0 bridgehead atoms. The van der Waals surface area contributed by atoms with Gasteiger partial charge in [0.05, 0.1) is 27.0 Å². The van der Waals surface area contributed by atoms with E-state index in [4.69, 9.17) is 50.1 Å². The van der Waals surface area contributed by atoms with Crippen LogP contribution in [0.15, 0.2) is 41.2 Å². The molecular formula is C30H37Cl2N6O9PS. The third kappa shape index (κ3) is 10.3. The second-order valence-electron chi connectivity index (χ2n) is 11.3. The summed E-state index contributed by atoms with van der Waals surface area (Å²) in [5.41, 5.74) is 6.04. The molecule has 0 saturated carbocycles. The largest absolute Gasteiger partial charge is 0.480 e. The third-order valence-electron chi connectivity index (χ3n) is 7.01. The summed E-state index contributed by atoms with van der Waals surface area (Å²) in [6.45, 7) is 5.26. The van der Waals surface area contributed by atoms with Crippen molar-refractivity contribution in [2.75, 3.05) is 24.2 Å². The molecule has 2 aliphatic heterocycles. The van der Waals surface area contributed by atoms with Crippen molar-refractivity contribution < 1.29 is 37.3 Å². The molecule has 3 heterocycles. The van der Waals surface area contributed by atoms with Crippen LogP contribution in [0.1, 0.15) is 49.3 Å². The molecule has 0 saturated heterocycles. The van der Waals surface area contributed by atoms with Crippen LogP contribution in [-0.4, -0.2) is 80.5 Å². The standard InChI is InChI=1S/C15H13Cl2N3O2.C10H12N2O3S.C5H12NO4P/c1-2-7-22-13-9-12(10(16)8-11(13)17)20-15(21)19-6-4-3-5-14(19)18-20;1-7(2)12-10(13)8-5-3-4-6-9(8)11-16(12,14)15;1-11(9,10)3-2-4(6)5(7)8/h1,8-9H,3-7H2;3-7,11H,1-2H3;4H,2-3,6H2,1H3,(H,7,8)(H,9,10). The Kier molecular flexibility index (Phi) is 13.5. The molecule has 1 amide bonds. The number of carboxylic acid groups (broad SMARTS) is 1. The van der Waals surface area contributed by atoms with Gasteiger partial charge < -0.3 is 20.5 Å². The van der Waals surface area contributed by atoms with Gasteiger partial charge in [-0.25, -0.2) is 9.10 Å². The fraction of sp³-hybridized carbons (Fsp3) is 0.400. The number of carboxylic acids is 1. The second-order valence-corrected chi connectivity index (χ2v) is 16.2. The molecule has 0 spiro atoms. The Morgan fingerprint density at radius 1 is 1.20 bits per heavy atom. The number of nitrogens with zero attached hydrogens (tertiary/aromatic N) is 4. The predicted molar refractivity (Wildman–Crippen MR) is 186 cm³/mol. The summed E-state index contributed by atoms with van der Waals surface area (Å²) in [7, 11) is -6.85. The lowest BCUT2D eigenvalue weighted by Gasteiger charge is -2.31. The van der Waals surface area contributed by atoms with E-state index in [-0.39, 0.29) is 24.9 Å². The van der Waals surface area contributed by atoms with Gasteiger partial charge in [0, 0.05) is 37.9 Å². The normalized spacial score (nSPS) is 16.2. The summed E-state index contributed by atoms with van der Waals surface area (Å²) in [6.07, 6.45) is 7.97. The average Bonchev–Trinajstić information content (AvgIpc) is 3.35. The number of terminal acetylenes is 1. The number of fused-ring (bicyclic) bond motifs is 2. The van der Waals surface area contributed by atoms with E-state index in [1.807, 2.05) is 0 Å². The molecule has 49 heavy (non-hydrogen) atoms. The number of hydrogen-bond acceptors (Lipinski definition) is 9. The van der Waals surface area contributed by atoms with Gasteiger partial charge in [0.1, 0.15) is 24.2 Å². The first kappa shape index (κ1) is 39.6. The van der Waals surface area contributed by atoms with Gasteiger partial charge in [0.25, 0.3) is 5.91 Å². The minimum Gasteiger partial charge on any atom is -0.480 e. The minimum atomic E-state index is -3.75. The van der Waals surface area contributed by atoms with Crippen LogP contribution in [-0.2, 0) is 32.5 Å². The number of benzene rings is 2. The van der Waals surface area contributed by atoms with E-state index in [0.29, 0.717) is 39.3 Å². The number of ether oxygens (including phenoxy) is 1. The highest BCUT2D eigenvalue weighted by atomic mass is 35.5. The summed E-state index contributed by atoms with van der Waals surface area (Å²) in [4.78, 5) is 43.3. The first-order valence-corrected chi connectivity index (χ1v) is 19.3. The van der Waals surface area contributed by atoms with E-state index in [9.17, 15) is 27.4 Å². The second kappa shape index (κ2) is 16.7. The first-order valence-electron chi connectivity index (χ1n) is 14.9. The van der Waals surface area contributed by atoms with Gasteiger partial charge in [-0.15, -0.1) is 11.5 Å². The molecule has 0 fully saturated rings. The van der Waals surface area contributed by atoms with E-state index in [1.165, 1.54) is 17.4 Å². The lowest BCUT2D eigenvalue weighted by atomic mass is 10.1. The SMILES string of the molecule is C#CCOc1cc(-n2nc3n(c2=O)CCCC3)c(Cl)cc1Cl.CC(C)N1C(=O)c2ccccc2NS1(=O)=O.CP(=O)(O)CCC(N)C(=O)O. The van der Waals surface area contributed by atoms with E-state index in [2.05, 4.69) is 15.7 Å². The molecule has 5 rings (SSSR count). The van der Waals surface area contributed by atoms with Crippen molar-refractivity contribution in [2.24, 2.45) is 5.73 Å². The number of halogens is 2. The molecule has 0 radical (unpaired) electrons. The van der Waals surface area contributed by atoms with E-state index in [1.54, 1.807) is 48.7 Å². The molecule has 19 heteroatoms. The molecule has 3 aromatic rings. The third-order valence-corrected chi connectivity index (χ3v) is 10.3. The van der Waals surface area contributed by atoms with Crippen molar-refractivity contribution in [1.29, 1.82) is 0 Å². The lowest BCUT2D eigenvalue weighted by molar-refractivity contribution is -0.138. The molecule has 2 aliphatic rings. The van der Waals surface area contributed by atoms with Crippen molar-refractivity contribution in [3.8, 4) is 23.8 Å². The molecule has 2 aromatic carbocycles. The molecular weight excluding hydrogens is 722 g/mol. The lowest BCUT2D eigenvalue weighted by Crippen LogP contribution is -2.48. The van der Waals surface area contributed by atoms with Gasteiger partial charge in [-0.05, 0) is 51.3 Å². The number of para-hydroxylation sites is 1. The Bertz CT molecular complexity index is 1950. The number of carbonyl (C=O) groups excluding carboxylic acids is 1. The van der Waals surface area contributed by atoms with Gasteiger partial charge in [-0.1, -0.05) is 41.3 Å². The number of nitrogens with one attached hydrogen (secondary N) is 1. The fourth-order valence-electron chi connectivity index (χ4n) is 4.66. The summed E-state index contributed by atoms with van der Waals surface area (Å²) >= 11 is 12.3. The van der Waals surface area contributed by atoms with Crippen molar-refractivity contribution >= 4 is 58.3 Å². The number of amides is 1. The maximum Gasteiger partial charge on any atom is 0.350 e. The minimum absolute atomic E-state index is 0.0412. The topological polar surface area (TPSA) is 216 Å². The number of aliphatic carboxylic acids is 1. The first-order chi connectivity index (χ1) is 22.9. The van der Waals surface area contributed by atoms with Gasteiger partial charge in [0.2, 0.25) is 0 Å². The Morgan fingerprint density at radius 3 is 2.47 bits per heavy atom. The maximum absolute atomic E-state index is 12.5. The number of aryl methyl sites for hydroxylation is 1. The molecule has 2 atom stereocenters. The van der Waals surface area contributed by atoms with Crippen LogP contribution in [0.3, 0.4) is 0 Å². The van der Waals surface area contributed by atoms with Crippen LogP contribution < -0.4 is 20.9 Å². The van der Waals surface area contributed by atoms with Crippen molar-refractivity contribution in [2.45, 2.75) is 58.2 Å². The summed E-state index contributed by atoms with van der Waals surface area (Å²) in [5, 5.41) is 13.3. The molecule has 266 valence electrons. The van der Waals surface area contributed by atoms with Crippen LogP contribution in [0.25, 0.3) is 5.69 Å². The van der Waals surface area contributed by atoms with E-state index < -0.39 is 41.5 Å². The predicted octanol–water partition coefficient (Wildman–Crippen LogP) is 3.59. The highest BCUT2D eigenvalue weighted by molar-refractivity contribution is 7.91. The van der Waals surface area contributed by atoms with Gasteiger partial charge >= 0.3 is 21.9 Å². The number of rotatable bonds is 8. The Morgan fingerprint density at radius 2 is 1.88 bits per heavy atom. The van der Waals surface area contributed by atoms with Crippen LogP contribution in [0, 0.1) is 12.3 Å². The number of aromatic nitrogens is 3. The Labute approximate surface area is 293 Å². The summed E-state index contributed by atoms with van der Waals surface area (Å²) < 4.78 is 45.8. The van der Waals surface area contributed by atoms with Crippen molar-refractivity contribution in [3.63, 3.8) is 0 Å². The highest BCUT2D eigenvalue weighted by Gasteiger charge is 2.37. The summed E-state index contributed by atoms with van der Waals surface area (Å²) in [6, 6.07) is 8.23. The van der Waals surface area contributed by atoms with Crippen LogP contribution >= 0.6 is 30.6 Å². The zero-order chi connectivity index (χ0) is 36.7. The summed E-state index contributed by atoms with van der Waals surface area (Å²) in [5.74, 6) is 1.89. The number of anilines is 1. The van der Waals surface area contributed by atoms with Crippen LogP contribution in [0.2, 0.25) is 10.0 Å². The number of hydrogen-bond donors (Lipinski definition) is 4. The molecule has 1 aromatic heterocycles. The maximum atomic E-state index is 12.5. The smallest absolute Gasteiger partial charge is 0.350 e. The molecule has 2 unspecified atom stereocenters. The van der Waals surface area contributed by atoms with E-state index in [0.717, 1.165) is 29.4 Å². The Hall–Kier alpha value is -3.84. The fourth-order valence-corrected chi connectivity index (χ4v) is 7.36. The number of nitrogens with two attached hydrogens (primary N) is 1. The van der Waals surface area contributed by atoms with E-state index >= 15 is 0 Å². The molecule has 0 aliphatic carbocycles. The van der Waals surface area contributed by atoms with Crippen LogP contribution in [0.5, 0.6) is 5.75 Å². The molecule has 5 N–H and O–H groups in total. The average molecular weight is 760 g/mol. The number of carbonyl (C=O) groups is 2. The van der Waals surface area contributed by atoms with Gasteiger partial charge in [-0.2, -0.15) is 13.1 Å². The monoisotopic (exact) mass is 758 g/mol. The van der Waals surface area contributed by atoms with Gasteiger partial charge in [0.15, 0.2) is 7.37 Å². The van der Waals surface area contributed by atoms with Crippen molar-refractivity contribution in [3.05, 3.63) is 68.3 Å². The highest BCUT2D eigenvalue weighted by Crippen LogP contribution is 2.36. The quantitative estimate of drug-likeness (QED) is 0.192. The van der Waals surface area contributed by atoms with Crippen LogP contribution in [0.4, 0.5) is 5.69 Å².